The lowest BCUT2D eigenvalue weighted by Gasteiger charge is -2.21. The number of anilines is 1. The van der Waals surface area contributed by atoms with Crippen molar-refractivity contribution in [3.05, 3.63) is 71.7 Å². The Bertz CT molecular complexity index is 1160. The number of nitrogen functional groups attached to an aromatic ring is 1. The van der Waals surface area contributed by atoms with Gasteiger partial charge in [0.2, 0.25) is 6.29 Å². The van der Waals surface area contributed by atoms with Gasteiger partial charge in [0, 0.05) is 16.6 Å². The van der Waals surface area contributed by atoms with Crippen molar-refractivity contribution in [3.8, 4) is 11.5 Å². The van der Waals surface area contributed by atoms with E-state index in [1.807, 2.05) is 36.4 Å². The lowest BCUT2D eigenvalue weighted by molar-refractivity contribution is -0.191. The standard InChI is InChI=1S/C22H20FN3O3/c23-17-5-2-1-4-14(17)13-26-18-7-6-15(24)12-16(18)21(25-26)19-8-9-20(29-19)22-27-10-3-11-28-22/h1-2,4-9,12,22H,3,10-11,13,24H2. The first kappa shape index (κ1) is 17.9. The largest absolute Gasteiger partial charge is 0.454 e. The molecule has 0 amide bonds. The summed E-state index contributed by atoms with van der Waals surface area (Å²) in [6, 6.07) is 15.9. The molecule has 0 radical (unpaired) electrons. The number of ether oxygens (including phenoxy) is 2. The van der Waals surface area contributed by atoms with E-state index in [1.54, 1.807) is 16.8 Å². The molecule has 29 heavy (non-hydrogen) atoms. The van der Waals surface area contributed by atoms with E-state index >= 15 is 0 Å². The van der Waals surface area contributed by atoms with Gasteiger partial charge in [0.05, 0.1) is 25.3 Å². The van der Waals surface area contributed by atoms with Crippen LogP contribution in [0.1, 0.15) is 24.0 Å². The molecule has 3 heterocycles. The zero-order valence-corrected chi connectivity index (χ0v) is 15.7. The van der Waals surface area contributed by atoms with Crippen LogP contribution < -0.4 is 5.73 Å². The fraction of sp³-hybridized carbons (Fsp3) is 0.227. The van der Waals surface area contributed by atoms with Gasteiger partial charge in [-0.1, -0.05) is 18.2 Å². The van der Waals surface area contributed by atoms with Crippen molar-refractivity contribution >= 4 is 16.6 Å². The fourth-order valence-electron chi connectivity index (χ4n) is 3.55. The van der Waals surface area contributed by atoms with Gasteiger partial charge in [-0.2, -0.15) is 5.10 Å². The molecular formula is C22H20FN3O3. The average Bonchev–Trinajstić information content (AvgIpc) is 3.35. The van der Waals surface area contributed by atoms with Crippen molar-refractivity contribution in [2.24, 2.45) is 0 Å². The molecule has 2 aromatic heterocycles. The first-order valence-corrected chi connectivity index (χ1v) is 9.52. The number of hydrogen-bond donors (Lipinski definition) is 1. The predicted octanol–water partition coefficient (Wildman–Crippen LogP) is 4.50. The molecule has 4 aromatic rings. The van der Waals surface area contributed by atoms with Gasteiger partial charge in [0.25, 0.3) is 0 Å². The van der Waals surface area contributed by atoms with E-state index in [9.17, 15) is 4.39 Å². The summed E-state index contributed by atoms with van der Waals surface area (Å²) in [7, 11) is 0. The molecule has 7 heteroatoms. The van der Waals surface area contributed by atoms with Crippen LogP contribution in [0.15, 0.2) is 59.0 Å². The highest BCUT2D eigenvalue weighted by Crippen LogP contribution is 2.34. The van der Waals surface area contributed by atoms with Crippen LogP contribution in [-0.4, -0.2) is 23.0 Å². The lowest BCUT2D eigenvalue weighted by atomic mass is 10.1. The van der Waals surface area contributed by atoms with Gasteiger partial charge in [-0.15, -0.1) is 0 Å². The van der Waals surface area contributed by atoms with Gasteiger partial charge in [0.15, 0.2) is 11.5 Å². The Labute approximate surface area is 166 Å². The summed E-state index contributed by atoms with van der Waals surface area (Å²) in [5.74, 6) is 0.918. The second kappa shape index (κ2) is 7.35. The van der Waals surface area contributed by atoms with Crippen molar-refractivity contribution in [3.63, 3.8) is 0 Å². The molecule has 0 atom stereocenters. The third-order valence-electron chi connectivity index (χ3n) is 4.97. The summed E-state index contributed by atoms with van der Waals surface area (Å²) in [5.41, 5.74) is 8.68. The minimum Gasteiger partial charge on any atom is -0.454 e. The van der Waals surface area contributed by atoms with Crippen LogP contribution in [0.3, 0.4) is 0 Å². The van der Waals surface area contributed by atoms with Crippen LogP contribution in [0.5, 0.6) is 0 Å². The molecule has 0 spiro atoms. The van der Waals surface area contributed by atoms with Gasteiger partial charge in [-0.05, 0) is 42.8 Å². The second-order valence-corrected chi connectivity index (χ2v) is 7.00. The van der Waals surface area contributed by atoms with Crippen LogP contribution in [0, 0.1) is 5.82 Å². The third-order valence-corrected chi connectivity index (χ3v) is 4.97. The molecule has 0 bridgehead atoms. The van der Waals surface area contributed by atoms with Crippen molar-refractivity contribution in [1.82, 2.24) is 9.78 Å². The zero-order valence-electron chi connectivity index (χ0n) is 15.7. The minimum atomic E-state index is -0.505. The molecule has 1 saturated heterocycles. The molecule has 6 nitrogen and oxygen atoms in total. The van der Waals surface area contributed by atoms with Gasteiger partial charge < -0.3 is 19.6 Å². The smallest absolute Gasteiger partial charge is 0.217 e. The molecule has 0 unspecified atom stereocenters. The first-order valence-electron chi connectivity index (χ1n) is 9.52. The molecule has 2 N–H and O–H groups in total. The van der Waals surface area contributed by atoms with E-state index in [0.29, 0.717) is 48.2 Å². The molecule has 1 aliphatic heterocycles. The number of aromatic nitrogens is 2. The van der Waals surface area contributed by atoms with Crippen LogP contribution in [0.4, 0.5) is 10.1 Å². The highest BCUT2D eigenvalue weighted by molar-refractivity contribution is 5.94. The van der Waals surface area contributed by atoms with Crippen LogP contribution >= 0.6 is 0 Å². The van der Waals surface area contributed by atoms with E-state index in [1.165, 1.54) is 6.07 Å². The summed E-state index contributed by atoms with van der Waals surface area (Å²) < 4.78 is 33.2. The molecule has 0 aliphatic carbocycles. The Morgan fingerprint density at radius 2 is 1.90 bits per heavy atom. The summed E-state index contributed by atoms with van der Waals surface area (Å²) in [6.07, 6.45) is 0.364. The molecule has 1 aliphatic rings. The van der Waals surface area contributed by atoms with Crippen LogP contribution in [-0.2, 0) is 16.0 Å². The topological polar surface area (TPSA) is 75.4 Å². The number of benzene rings is 2. The van der Waals surface area contributed by atoms with Gasteiger partial charge >= 0.3 is 0 Å². The number of nitrogens with two attached hydrogens (primary N) is 1. The maximum atomic E-state index is 14.2. The first-order chi connectivity index (χ1) is 14.2. The number of rotatable bonds is 4. The average molecular weight is 393 g/mol. The number of nitrogens with zero attached hydrogens (tertiary/aromatic N) is 2. The molecule has 5 rings (SSSR count). The van der Waals surface area contributed by atoms with Crippen LogP contribution in [0.2, 0.25) is 0 Å². The van der Waals surface area contributed by atoms with Crippen molar-refractivity contribution in [2.75, 3.05) is 18.9 Å². The fourth-order valence-corrected chi connectivity index (χ4v) is 3.55. The highest BCUT2D eigenvalue weighted by Gasteiger charge is 2.23. The minimum absolute atomic E-state index is 0.264. The Hall–Kier alpha value is -3.16. The number of furan rings is 1. The van der Waals surface area contributed by atoms with Crippen LogP contribution in [0.25, 0.3) is 22.4 Å². The van der Waals surface area contributed by atoms with E-state index in [0.717, 1.165) is 17.3 Å². The quantitative estimate of drug-likeness (QED) is 0.517. The Morgan fingerprint density at radius 3 is 2.72 bits per heavy atom. The third kappa shape index (κ3) is 3.39. The lowest BCUT2D eigenvalue weighted by Crippen LogP contribution is -2.17. The normalized spacial score (nSPS) is 15.2. The molecular weight excluding hydrogens is 373 g/mol. The number of hydrogen-bond acceptors (Lipinski definition) is 5. The summed E-state index contributed by atoms with van der Waals surface area (Å²) in [6.45, 7) is 1.57. The second-order valence-electron chi connectivity index (χ2n) is 7.00. The van der Waals surface area contributed by atoms with Crippen molar-refractivity contribution in [1.29, 1.82) is 0 Å². The predicted molar refractivity (Wildman–Crippen MR) is 107 cm³/mol. The summed E-state index contributed by atoms with van der Waals surface area (Å²) in [5, 5.41) is 5.56. The van der Waals surface area contributed by atoms with E-state index < -0.39 is 6.29 Å². The summed E-state index contributed by atoms with van der Waals surface area (Å²) >= 11 is 0. The van der Waals surface area contributed by atoms with Crippen molar-refractivity contribution in [2.45, 2.75) is 19.3 Å². The maximum absolute atomic E-state index is 14.2. The van der Waals surface area contributed by atoms with Crippen molar-refractivity contribution < 1.29 is 18.3 Å². The number of halogens is 1. The highest BCUT2D eigenvalue weighted by atomic mass is 19.1. The summed E-state index contributed by atoms with van der Waals surface area (Å²) in [4.78, 5) is 0. The van der Waals surface area contributed by atoms with E-state index in [-0.39, 0.29) is 5.82 Å². The molecule has 0 saturated carbocycles. The monoisotopic (exact) mass is 393 g/mol. The Morgan fingerprint density at radius 1 is 1.07 bits per heavy atom. The SMILES string of the molecule is Nc1ccc2c(c1)c(-c1ccc(C3OCCCO3)o1)nn2Cc1ccccc1F. The zero-order chi connectivity index (χ0) is 19.8. The Kier molecular flexibility index (Phi) is 4.54. The molecule has 148 valence electrons. The van der Waals surface area contributed by atoms with E-state index in [2.05, 4.69) is 0 Å². The van der Waals surface area contributed by atoms with E-state index in [4.69, 9.17) is 24.7 Å². The molecule has 2 aromatic carbocycles. The van der Waals surface area contributed by atoms with Gasteiger partial charge in [-0.3, -0.25) is 4.68 Å². The molecule has 1 fully saturated rings. The maximum Gasteiger partial charge on any atom is 0.217 e. The van der Waals surface area contributed by atoms with Gasteiger partial charge in [0.1, 0.15) is 11.5 Å². The van der Waals surface area contributed by atoms with Gasteiger partial charge in [-0.25, -0.2) is 4.39 Å². The number of fused-ring (bicyclic) bond motifs is 1. The Balaban J connectivity index is 1.56.